The van der Waals surface area contributed by atoms with E-state index in [1.807, 2.05) is 12.3 Å². The van der Waals surface area contributed by atoms with Crippen LogP contribution in [0.5, 0.6) is 0 Å². The van der Waals surface area contributed by atoms with Gasteiger partial charge in [0.2, 0.25) is 0 Å². The van der Waals surface area contributed by atoms with E-state index in [1.165, 1.54) is 62.0 Å². The third-order valence-corrected chi connectivity index (χ3v) is 12.7. The van der Waals surface area contributed by atoms with Crippen LogP contribution in [-0.4, -0.2) is 37.0 Å². The van der Waals surface area contributed by atoms with Crippen molar-refractivity contribution in [3.05, 3.63) is 51.7 Å². The van der Waals surface area contributed by atoms with Crippen LogP contribution in [0.25, 0.3) is 0 Å². The largest absolute Gasteiger partial charge is 1.00 e. The molecule has 1 aromatic heterocycles. The van der Waals surface area contributed by atoms with Gasteiger partial charge in [-0.25, -0.2) is 4.79 Å². The summed E-state index contributed by atoms with van der Waals surface area (Å²) in [5.74, 6) is -0.310. The molecule has 3 rings (SSSR count). The summed E-state index contributed by atoms with van der Waals surface area (Å²) in [5, 5.41) is 5.06. The molecule has 1 aliphatic rings. The number of nitrogens with one attached hydrogen (secondary N) is 1. The molecule has 1 amide bonds. The predicted molar refractivity (Wildman–Crippen MR) is 128 cm³/mol. The Hall–Kier alpha value is -1.23. The van der Waals surface area contributed by atoms with Gasteiger partial charge in [-0.05, 0) is 55.5 Å². The van der Waals surface area contributed by atoms with E-state index in [4.69, 9.17) is 4.74 Å². The summed E-state index contributed by atoms with van der Waals surface area (Å²) in [6, 6.07) is 10.7. The molecule has 1 unspecified atom stereocenters. The van der Waals surface area contributed by atoms with Crippen molar-refractivity contribution in [1.29, 1.82) is 0 Å². The van der Waals surface area contributed by atoms with E-state index < -0.39 is 7.26 Å². The summed E-state index contributed by atoms with van der Waals surface area (Å²) in [6.45, 7) is 4.07. The van der Waals surface area contributed by atoms with Crippen molar-refractivity contribution in [2.24, 2.45) is 0 Å². The van der Waals surface area contributed by atoms with E-state index in [-0.39, 0.29) is 34.5 Å². The smallest absolute Gasteiger partial charge is 0.350 e. The van der Waals surface area contributed by atoms with Crippen LogP contribution >= 0.6 is 18.6 Å². The molecule has 0 bridgehead atoms. The van der Waals surface area contributed by atoms with Gasteiger partial charge in [-0.15, -0.1) is 11.3 Å². The fraction of sp³-hybridized carbons (Fsp3) is 0.500. The molecule has 170 valence electrons. The average Bonchev–Trinajstić information content (AvgIpc) is 2.95. The first-order valence-corrected chi connectivity index (χ1v) is 14.2. The van der Waals surface area contributed by atoms with Gasteiger partial charge in [0.25, 0.3) is 5.91 Å². The number of hydrogen-bond donors (Lipinski definition) is 1. The molecule has 4 nitrogen and oxygen atoms in total. The Balaban J connectivity index is 0.00000341. The molecule has 7 heteroatoms. The summed E-state index contributed by atoms with van der Waals surface area (Å²) < 4.78 is 4.92. The molecule has 2 aromatic rings. The van der Waals surface area contributed by atoms with Crippen molar-refractivity contribution in [2.45, 2.75) is 57.8 Å². The van der Waals surface area contributed by atoms with E-state index in [1.54, 1.807) is 0 Å². The summed E-state index contributed by atoms with van der Waals surface area (Å²) in [5.41, 5.74) is 2.91. The predicted octanol–water partition coefficient (Wildman–Crippen LogP) is 3.36. The summed E-state index contributed by atoms with van der Waals surface area (Å²) in [7, 11) is -0.147. The molecule has 0 radical (unpaired) electrons. The topological polar surface area (TPSA) is 55.4 Å². The van der Waals surface area contributed by atoms with E-state index in [9.17, 15) is 9.59 Å². The van der Waals surface area contributed by atoms with Gasteiger partial charge in [0.05, 0.1) is 31.3 Å². The zero-order valence-electron chi connectivity index (χ0n) is 18.7. The minimum absolute atomic E-state index is 0. The fourth-order valence-electron chi connectivity index (χ4n) is 4.72. The SMILES string of the molecule is CCC(C(=O)Nc1c(C)csc1C(=O)OC)[P+]1(Cc2ccccc2)CCCCCC1.[Br-]. The van der Waals surface area contributed by atoms with E-state index in [2.05, 4.69) is 42.6 Å². The molecule has 1 atom stereocenters. The molecule has 0 saturated carbocycles. The number of esters is 1. The lowest BCUT2D eigenvalue weighted by Crippen LogP contribution is -3.00. The van der Waals surface area contributed by atoms with Crippen LogP contribution in [0, 0.1) is 6.92 Å². The van der Waals surface area contributed by atoms with E-state index in [0.29, 0.717) is 10.6 Å². The van der Waals surface area contributed by atoms with Crippen LogP contribution in [0.3, 0.4) is 0 Å². The van der Waals surface area contributed by atoms with Crippen LogP contribution < -0.4 is 22.3 Å². The molecular formula is C24H33BrNO3PS. The summed E-state index contributed by atoms with van der Waals surface area (Å²) >= 11 is 1.33. The molecule has 1 aromatic carbocycles. The second kappa shape index (κ2) is 12.1. The third kappa shape index (κ3) is 6.18. The van der Waals surface area contributed by atoms with Gasteiger partial charge >= 0.3 is 5.97 Å². The maximum Gasteiger partial charge on any atom is 0.350 e. The Morgan fingerprint density at radius 3 is 2.35 bits per heavy atom. The fourth-order valence-corrected chi connectivity index (χ4v) is 11.0. The van der Waals surface area contributed by atoms with Crippen molar-refractivity contribution < 1.29 is 31.3 Å². The lowest BCUT2D eigenvalue weighted by Gasteiger charge is -2.33. The zero-order valence-corrected chi connectivity index (χ0v) is 22.0. The first kappa shape index (κ1) is 26.0. The number of methoxy groups -OCH3 is 1. The summed E-state index contributed by atoms with van der Waals surface area (Å²) in [4.78, 5) is 26.3. The third-order valence-electron chi connectivity index (χ3n) is 6.24. The Bertz CT molecular complexity index is 863. The van der Waals surface area contributed by atoms with Crippen molar-refractivity contribution in [3.8, 4) is 0 Å². The number of carbonyl (C=O) groups excluding carboxylic acids is 2. The van der Waals surface area contributed by atoms with Crippen molar-refractivity contribution in [1.82, 2.24) is 0 Å². The minimum Gasteiger partial charge on any atom is -1.00 e. The van der Waals surface area contributed by atoms with Gasteiger partial charge in [-0.3, -0.25) is 4.79 Å². The first-order chi connectivity index (χ1) is 14.5. The van der Waals surface area contributed by atoms with Gasteiger partial charge in [0, 0.05) is 7.26 Å². The molecular weight excluding hydrogens is 493 g/mol. The molecule has 1 saturated heterocycles. The van der Waals surface area contributed by atoms with Crippen LogP contribution in [0.2, 0.25) is 0 Å². The Morgan fingerprint density at radius 2 is 1.77 bits per heavy atom. The highest BCUT2D eigenvalue weighted by molar-refractivity contribution is 7.76. The standard InChI is InChI=1S/C24H32NO3PS.BrH/c1-4-20(23(26)25-21-18(2)17-30-22(21)24(27)28-3)29(14-10-5-6-11-15-29)16-19-12-8-7-9-13-19;/h7-9,12-13,17,20H,4-6,10-11,14-16H2,1-3H3;1H. The molecule has 0 aliphatic carbocycles. The first-order valence-electron chi connectivity index (χ1n) is 10.9. The van der Waals surface area contributed by atoms with Gasteiger partial charge < -0.3 is 27.0 Å². The minimum atomic E-state index is -1.53. The lowest BCUT2D eigenvalue weighted by molar-refractivity contribution is -0.115. The number of carbonyl (C=O) groups is 2. The number of halogens is 1. The molecule has 1 N–H and O–H groups in total. The quantitative estimate of drug-likeness (QED) is 0.445. The number of ether oxygens (including phenoxy) is 1. The monoisotopic (exact) mass is 525 g/mol. The number of rotatable bonds is 7. The maximum atomic E-state index is 13.6. The highest BCUT2D eigenvalue weighted by Gasteiger charge is 2.48. The number of hydrogen-bond acceptors (Lipinski definition) is 4. The van der Waals surface area contributed by atoms with Gasteiger partial charge in [0.1, 0.15) is 10.5 Å². The normalized spacial score (nSPS) is 16.5. The van der Waals surface area contributed by atoms with Crippen LogP contribution in [0.15, 0.2) is 35.7 Å². The zero-order chi connectivity index (χ0) is 21.6. The second-order valence-electron chi connectivity index (χ2n) is 8.25. The van der Waals surface area contributed by atoms with Crippen molar-refractivity contribution >= 4 is 36.2 Å². The summed E-state index contributed by atoms with van der Waals surface area (Å²) in [6.07, 6.45) is 9.20. The Labute approximate surface area is 201 Å². The molecule has 2 heterocycles. The van der Waals surface area contributed by atoms with Crippen molar-refractivity contribution in [2.75, 3.05) is 24.8 Å². The highest BCUT2D eigenvalue weighted by Crippen LogP contribution is 2.68. The van der Waals surface area contributed by atoms with Gasteiger partial charge in [-0.1, -0.05) is 37.3 Å². The van der Waals surface area contributed by atoms with Crippen LogP contribution in [0.4, 0.5) is 5.69 Å². The van der Waals surface area contributed by atoms with Gasteiger partial charge in [-0.2, -0.15) is 0 Å². The second-order valence-corrected chi connectivity index (χ2v) is 13.4. The average molecular weight is 526 g/mol. The lowest BCUT2D eigenvalue weighted by atomic mass is 10.2. The maximum absolute atomic E-state index is 13.6. The van der Waals surface area contributed by atoms with Crippen LogP contribution in [0.1, 0.15) is 59.8 Å². The Morgan fingerprint density at radius 1 is 1.13 bits per heavy atom. The van der Waals surface area contributed by atoms with Crippen LogP contribution in [-0.2, 0) is 15.7 Å². The number of benzene rings is 1. The number of aryl methyl sites for hydroxylation is 1. The Kier molecular flexibility index (Phi) is 10.2. The highest BCUT2D eigenvalue weighted by atomic mass is 79.9. The number of thiophene rings is 1. The molecule has 0 spiro atoms. The number of anilines is 1. The van der Waals surface area contributed by atoms with Crippen molar-refractivity contribution in [3.63, 3.8) is 0 Å². The van der Waals surface area contributed by atoms with Gasteiger partial charge in [0.15, 0.2) is 0 Å². The number of amides is 1. The molecule has 31 heavy (non-hydrogen) atoms. The van der Waals surface area contributed by atoms with E-state index >= 15 is 0 Å². The van der Waals surface area contributed by atoms with E-state index in [0.717, 1.165) is 18.1 Å². The molecule has 1 aliphatic heterocycles. The molecule has 1 fully saturated rings.